The zero-order valence-electron chi connectivity index (χ0n) is 21.9. The number of aromatic nitrogens is 2. The number of benzene rings is 1. The number of thiocarbonyl (C=S) groups is 1. The van der Waals surface area contributed by atoms with E-state index in [4.69, 9.17) is 21.9 Å². The number of hydrogen-bond donors (Lipinski definition) is 0. The van der Waals surface area contributed by atoms with Crippen LogP contribution in [0.4, 0.5) is 5.82 Å². The minimum Gasteiger partial charge on any atom is -0.376 e. The minimum absolute atomic E-state index is 0.00512. The molecule has 3 saturated heterocycles. The smallest absolute Gasteiger partial charge is 0.267 e. The van der Waals surface area contributed by atoms with Crippen molar-refractivity contribution >= 4 is 51.7 Å². The number of carbonyl (C=O) groups is 1. The zero-order chi connectivity index (χ0) is 26.9. The highest BCUT2D eigenvalue weighted by Crippen LogP contribution is 2.34. The summed E-state index contributed by atoms with van der Waals surface area (Å²) in [6.45, 7) is 7.20. The molecule has 0 spiro atoms. The van der Waals surface area contributed by atoms with Crippen LogP contribution in [0.25, 0.3) is 11.7 Å². The second kappa shape index (κ2) is 11.2. The van der Waals surface area contributed by atoms with E-state index >= 15 is 0 Å². The average Bonchev–Trinajstić information content (AvgIpc) is 3.56. The number of thioether (sulfide) groups is 1. The number of pyridine rings is 1. The summed E-state index contributed by atoms with van der Waals surface area (Å²) < 4.78 is 7.81. The molecule has 5 heterocycles. The highest BCUT2D eigenvalue weighted by molar-refractivity contribution is 8.26. The Morgan fingerprint density at radius 3 is 2.64 bits per heavy atom. The fourth-order valence-electron chi connectivity index (χ4n) is 5.41. The Labute approximate surface area is 237 Å². The van der Waals surface area contributed by atoms with Gasteiger partial charge < -0.3 is 9.64 Å². The topological polar surface area (TPSA) is 70.4 Å². The van der Waals surface area contributed by atoms with Crippen LogP contribution in [0.2, 0.25) is 0 Å². The Bertz CT molecular complexity index is 1490. The molecule has 1 unspecified atom stereocenters. The molecule has 0 saturated carbocycles. The van der Waals surface area contributed by atoms with Crippen LogP contribution in [-0.2, 0) is 16.1 Å². The molecule has 0 radical (unpaired) electrons. The van der Waals surface area contributed by atoms with Gasteiger partial charge in [-0.15, -0.1) is 0 Å². The summed E-state index contributed by atoms with van der Waals surface area (Å²) in [5.74, 6) is 0.450. The number of nitrogens with zero attached hydrogens (tertiary/aromatic N) is 5. The van der Waals surface area contributed by atoms with Crippen molar-refractivity contribution < 1.29 is 9.53 Å². The van der Waals surface area contributed by atoms with E-state index < -0.39 is 0 Å². The summed E-state index contributed by atoms with van der Waals surface area (Å²) >= 11 is 6.80. The van der Waals surface area contributed by atoms with Gasteiger partial charge in [0.2, 0.25) is 0 Å². The van der Waals surface area contributed by atoms with Gasteiger partial charge in [-0.25, -0.2) is 4.98 Å². The quantitative estimate of drug-likeness (QED) is 0.333. The van der Waals surface area contributed by atoms with Crippen LogP contribution in [0, 0.1) is 6.92 Å². The van der Waals surface area contributed by atoms with Crippen molar-refractivity contribution in [3.63, 3.8) is 0 Å². The number of piperazine rings is 1. The third-order valence-corrected chi connectivity index (χ3v) is 8.92. The molecule has 2 aromatic heterocycles. The van der Waals surface area contributed by atoms with Crippen molar-refractivity contribution in [2.45, 2.75) is 32.4 Å². The molecular weight excluding hydrogens is 530 g/mol. The summed E-state index contributed by atoms with van der Waals surface area (Å²) in [6.07, 6.45) is 5.36. The van der Waals surface area contributed by atoms with E-state index in [1.54, 1.807) is 21.6 Å². The van der Waals surface area contributed by atoms with Gasteiger partial charge in [0.25, 0.3) is 11.5 Å². The molecule has 3 aliphatic rings. The lowest BCUT2D eigenvalue weighted by molar-refractivity contribution is -0.123. The number of hydrogen-bond acceptors (Lipinski definition) is 8. The zero-order valence-corrected chi connectivity index (χ0v) is 23.5. The molecule has 1 amide bonds. The molecule has 39 heavy (non-hydrogen) atoms. The number of amides is 1. The van der Waals surface area contributed by atoms with E-state index in [0.29, 0.717) is 32.8 Å². The van der Waals surface area contributed by atoms with Crippen LogP contribution in [0.15, 0.2) is 58.4 Å². The standard InChI is InChI=1S/C29H31N5O3S2/c1-20-7-5-11-33-25(20)30-26(32-14-12-31(13-15-32)18-21-8-3-2-4-9-21)23(27(33)35)17-24-28(36)34(29(38)39-24)19-22-10-6-16-37-22/h2-5,7-9,11,17,22H,6,10,12-16,18-19H2,1H3/b24-17+. The maximum atomic E-state index is 13.8. The monoisotopic (exact) mass is 561 g/mol. The van der Waals surface area contributed by atoms with Crippen LogP contribution < -0.4 is 10.5 Å². The molecule has 8 nitrogen and oxygen atoms in total. The number of ether oxygens (including phenoxy) is 1. The van der Waals surface area contributed by atoms with Crippen molar-refractivity contribution in [1.82, 2.24) is 19.2 Å². The molecule has 6 rings (SSSR count). The van der Waals surface area contributed by atoms with Gasteiger partial charge >= 0.3 is 0 Å². The Kier molecular flexibility index (Phi) is 7.53. The Morgan fingerprint density at radius 1 is 1.10 bits per heavy atom. The second-order valence-electron chi connectivity index (χ2n) is 10.2. The number of aryl methyl sites for hydroxylation is 1. The molecular formula is C29H31N5O3S2. The van der Waals surface area contributed by atoms with Gasteiger partial charge in [-0.1, -0.05) is 60.4 Å². The van der Waals surface area contributed by atoms with E-state index in [0.717, 1.165) is 57.7 Å². The van der Waals surface area contributed by atoms with Crippen molar-refractivity contribution in [2.24, 2.45) is 0 Å². The summed E-state index contributed by atoms with van der Waals surface area (Å²) in [5, 5.41) is 0. The second-order valence-corrected chi connectivity index (χ2v) is 11.9. The van der Waals surface area contributed by atoms with Crippen molar-refractivity contribution in [2.75, 3.05) is 44.2 Å². The van der Waals surface area contributed by atoms with Gasteiger partial charge in [-0.3, -0.25) is 23.8 Å². The van der Waals surface area contributed by atoms with Crippen LogP contribution in [-0.4, -0.2) is 74.8 Å². The van der Waals surface area contributed by atoms with Crippen LogP contribution in [0.5, 0.6) is 0 Å². The Hall–Kier alpha value is -3.05. The predicted octanol–water partition coefficient (Wildman–Crippen LogP) is 3.71. The normalized spacial score (nSPS) is 21.6. The number of fused-ring (bicyclic) bond motifs is 1. The molecule has 10 heteroatoms. The maximum Gasteiger partial charge on any atom is 0.267 e. The molecule has 3 aromatic rings. The van der Waals surface area contributed by atoms with E-state index in [1.807, 2.05) is 25.1 Å². The number of carbonyl (C=O) groups excluding carboxylic acids is 1. The molecule has 0 aliphatic carbocycles. The molecule has 1 aromatic carbocycles. The highest BCUT2D eigenvalue weighted by atomic mass is 32.2. The van der Waals surface area contributed by atoms with Gasteiger partial charge in [0.15, 0.2) is 0 Å². The lowest BCUT2D eigenvalue weighted by Crippen LogP contribution is -2.47. The summed E-state index contributed by atoms with van der Waals surface area (Å²) in [4.78, 5) is 38.9. The molecule has 202 valence electrons. The lowest BCUT2D eigenvalue weighted by Gasteiger charge is -2.36. The Balaban J connectivity index is 1.31. The minimum atomic E-state index is -0.185. The van der Waals surface area contributed by atoms with E-state index in [9.17, 15) is 9.59 Å². The first-order chi connectivity index (χ1) is 19.0. The van der Waals surface area contributed by atoms with Crippen LogP contribution >= 0.6 is 24.0 Å². The predicted molar refractivity (Wildman–Crippen MR) is 159 cm³/mol. The van der Waals surface area contributed by atoms with Gasteiger partial charge in [0, 0.05) is 45.5 Å². The van der Waals surface area contributed by atoms with E-state index in [-0.39, 0.29) is 17.6 Å². The van der Waals surface area contributed by atoms with Crippen LogP contribution in [0.1, 0.15) is 29.5 Å². The summed E-state index contributed by atoms with van der Waals surface area (Å²) in [6, 6.07) is 14.3. The fourth-order valence-corrected chi connectivity index (χ4v) is 6.66. The van der Waals surface area contributed by atoms with E-state index in [1.165, 1.54) is 17.3 Å². The molecule has 0 bridgehead atoms. The average molecular weight is 562 g/mol. The first-order valence-corrected chi connectivity index (χ1v) is 14.6. The largest absolute Gasteiger partial charge is 0.376 e. The lowest BCUT2D eigenvalue weighted by atomic mass is 10.1. The van der Waals surface area contributed by atoms with Gasteiger partial charge in [-0.2, -0.15) is 0 Å². The highest BCUT2D eigenvalue weighted by Gasteiger charge is 2.35. The first-order valence-electron chi connectivity index (χ1n) is 13.4. The molecule has 3 fully saturated rings. The van der Waals surface area contributed by atoms with Gasteiger partial charge in [0.05, 0.1) is 23.1 Å². The van der Waals surface area contributed by atoms with Crippen LogP contribution in [0.3, 0.4) is 0 Å². The third-order valence-electron chi connectivity index (χ3n) is 7.54. The molecule has 0 N–H and O–H groups in total. The molecule has 3 aliphatic heterocycles. The van der Waals surface area contributed by atoms with Crippen molar-refractivity contribution in [3.05, 3.63) is 80.6 Å². The number of anilines is 1. The van der Waals surface area contributed by atoms with Gasteiger partial charge in [-0.05, 0) is 43.0 Å². The van der Waals surface area contributed by atoms with Gasteiger partial charge in [0.1, 0.15) is 15.8 Å². The van der Waals surface area contributed by atoms with E-state index in [2.05, 4.69) is 34.1 Å². The van der Waals surface area contributed by atoms with Crippen molar-refractivity contribution in [1.29, 1.82) is 0 Å². The number of rotatable bonds is 6. The first kappa shape index (κ1) is 26.2. The SMILES string of the molecule is Cc1cccn2c(=O)c(/C=C3/SC(=S)N(CC4CCCO4)C3=O)c(N3CCN(Cc4ccccc4)CC3)nc12. The maximum absolute atomic E-state index is 13.8. The fraction of sp³-hybridized carbons (Fsp3) is 0.379. The summed E-state index contributed by atoms with van der Waals surface area (Å²) in [5.41, 5.74) is 3.08. The summed E-state index contributed by atoms with van der Waals surface area (Å²) in [7, 11) is 0. The molecule has 1 atom stereocenters. The Morgan fingerprint density at radius 2 is 1.90 bits per heavy atom. The third kappa shape index (κ3) is 5.38. The van der Waals surface area contributed by atoms with Crippen molar-refractivity contribution in [3.8, 4) is 0 Å².